The van der Waals surface area contributed by atoms with Crippen molar-refractivity contribution in [2.45, 2.75) is 31.4 Å². The first-order chi connectivity index (χ1) is 10.1. The third kappa shape index (κ3) is 5.71. The molecular formula is C16H21NO3S. The fraction of sp³-hybridized carbons (Fsp3) is 0.438. The minimum Gasteiger partial charge on any atom is -0.345 e. The van der Waals surface area contributed by atoms with E-state index < -0.39 is 5.25 Å². The summed E-state index contributed by atoms with van der Waals surface area (Å²) in [5.74, 6) is -0.0683. The van der Waals surface area contributed by atoms with Crippen LogP contribution < -0.4 is 0 Å². The Labute approximate surface area is 129 Å². The summed E-state index contributed by atoms with van der Waals surface area (Å²) in [5.41, 5.74) is 2.91. The van der Waals surface area contributed by atoms with E-state index in [0.717, 1.165) is 34.8 Å². The van der Waals surface area contributed by atoms with Crippen molar-refractivity contribution in [2.24, 2.45) is 0 Å². The Bertz CT molecular complexity index is 490. The molecule has 0 fully saturated rings. The van der Waals surface area contributed by atoms with E-state index in [1.54, 1.807) is 11.9 Å². The Morgan fingerprint density at radius 2 is 2.05 bits per heavy atom. The Balaban J connectivity index is 2.71. The molecule has 1 rings (SSSR count). The summed E-state index contributed by atoms with van der Waals surface area (Å²) >= 11 is 1.01. The van der Waals surface area contributed by atoms with Gasteiger partial charge in [-0.3, -0.25) is 9.59 Å². The fourth-order valence-corrected chi connectivity index (χ4v) is 2.77. The second-order valence-corrected chi connectivity index (χ2v) is 5.95. The number of thioether (sulfide) groups is 1. The Kier molecular flexibility index (Phi) is 7.75. The van der Waals surface area contributed by atoms with Crippen molar-refractivity contribution < 1.29 is 14.4 Å². The summed E-state index contributed by atoms with van der Waals surface area (Å²) < 4.78 is 0. The van der Waals surface area contributed by atoms with Gasteiger partial charge in [-0.2, -0.15) is 0 Å². The topological polar surface area (TPSA) is 54.5 Å². The first-order valence-electron chi connectivity index (χ1n) is 6.92. The second kappa shape index (κ2) is 9.34. The van der Waals surface area contributed by atoms with E-state index in [-0.39, 0.29) is 5.91 Å². The van der Waals surface area contributed by atoms with Crippen molar-refractivity contribution >= 4 is 29.6 Å². The lowest BCUT2D eigenvalue weighted by Crippen LogP contribution is -2.36. The molecule has 1 unspecified atom stereocenters. The van der Waals surface area contributed by atoms with Crippen LogP contribution in [0.5, 0.6) is 0 Å². The molecule has 0 heterocycles. The third-order valence-corrected chi connectivity index (χ3v) is 4.16. The van der Waals surface area contributed by atoms with Crippen LogP contribution in [0.2, 0.25) is 0 Å². The van der Waals surface area contributed by atoms with E-state index in [4.69, 9.17) is 0 Å². The largest absolute Gasteiger partial charge is 0.345 e. The third-order valence-electron chi connectivity index (χ3n) is 3.35. The van der Waals surface area contributed by atoms with Crippen molar-refractivity contribution in [1.29, 1.82) is 0 Å². The molecule has 0 aromatic heterocycles. The van der Waals surface area contributed by atoms with Crippen LogP contribution in [0.1, 0.15) is 24.0 Å². The molecule has 0 radical (unpaired) electrons. The van der Waals surface area contributed by atoms with E-state index in [1.807, 2.05) is 31.2 Å². The number of benzene rings is 1. The highest BCUT2D eigenvalue weighted by Gasteiger charge is 2.23. The zero-order chi connectivity index (χ0) is 15.7. The molecule has 1 aromatic carbocycles. The number of carbonyl (C=O) groups is 3. The molecule has 5 heteroatoms. The van der Waals surface area contributed by atoms with E-state index in [2.05, 4.69) is 0 Å². The first kappa shape index (κ1) is 17.4. The van der Waals surface area contributed by atoms with Gasteiger partial charge in [0.2, 0.25) is 5.91 Å². The lowest BCUT2D eigenvalue weighted by atomic mass is 10.0. The average Bonchev–Trinajstić information content (AvgIpc) is 2.48. The van der Waals surface area contributed by atoms with Gasteiger partial charge in [0.05, 0.1) is 5.25 Å². The SMILES string of the molecule is Cc1ccccc1CC(SC=O)C(=O)N(C)CCCC=O. The number of amides is 1. The normalized spacial score (nSPS) is 11.7. The van der Waals surface area contributed by atoms with Gasteiger partial charge in [0.1, 0.15) is 6.29 Å². The van der Waals surface area contributed by atoms with E-state index in [9.17, 15) is 14.4 Å². The summed E-state index contributed by atoms with van der Waals surface area (Å²) in [5, 5.41) is -0.412. The Morgan fingerprint density at radius 3 is 2.67 bits per heavy atom. The van der Waals surface area contributed by atoms with Gasteiger partial charge in [-0.15, -0.1) is 0 Å². The lowest BCUT2D eigenvalue weighted by Gasteiger charge is -2.22. The predicted molar refractivity (Wildman–Crippen MR) is 85.9 cm³/mol. The number of aryl methyl sites for hydroxylation is 1. The summed E-state index contributed by atoms with van der Waals surface area (Å²) in [7, 11) is 1.71. The molecule has 0 spiro atoms. The minimum absolute atomic E-state index is 0.0683. The summed E-state index contributed by atoms with van der Waals surface area (Å²) in [4.78, 5) is 35.1. The van der Waals surface area contributed by atoms with E-state index in [1.165, 1.54) is 0 Å². The maximum absolute atomic E-state index is 12.4. The Hall–Kier alpha value is -1.62. The van der Waals surface area contributed by atoms with Crippen molar-refractivity contribution in [2.75, 3.05) is 13.6 Å². The van der Waals surface area contributed by atoms with Gasteiger partial charge in [-0.05, 0) is 30.9 Å². The van der Waals surface area contributed by atoms with Crippen LogP contribution in [0, 0.1) is 6.92 Å². The molecule has 114 valence electrons. The highest BCUT2D eigenvalue weighted by atomic mass is 32.2. The van der Waals surface area contributed by atoms with Gasteiger partial charge in [0, 0.05) is 20.0 Å². The molecule has 0 saturated carbocycles. The van der Waals surface area contributed by atoms with Crippen molar-refractivity contribution in [3.8, 4) is 0 Å². The lowest BCUT2D eigenvalue weighted by molar-refractivity contribution is -0.129. The number of nitrogens with zero attached hydrogens (tertiary/aromatic N) is 1. The predicted octanol–water partition coefficient (Wildman–Crippen LogP) is 2.27. The van der Waals surface area contributed by atoms with Gasteiger partial charge >= 0.3 is 0 Å². The standard InChI is InChI=1S/C16H21NO3S/c1-13-7-3-4-8-14(13)11-15(21-12-19)16(20)17(2)9-5-6-10-18/h3-4,7-8,10,12,15H,5-6,9,11H2,1-2H3. The molecule has 4 nitrogen and oxygen atoms in total. The Morgan fingerprint density at radius 1 is 1.33 bits per heavy atom. The summed E-state index contributed by atoms with van der Waals surface area (Å²) in [6.07, 6.45) is 2.48. The maximum Gasteiger partial charge on any atom is 0.236 e. The number of hydrogen-bond acceptors (Lipinski definition) is 4. The molecule has 0 aliphatic heterocycles. The molecule has 0 aliphatic carbocycles. The van der Waals surface area contributed by atoms with Gasteiger partial charge in [-0.25, -0.2) is 0 Å². The zero-order valence-corrected chi connectivity index (χ0v) is 13.3. The highest BCUT2D eigenvalue weighted by molar-refractivity contribution is 8.13. The van der Waals surface area contributed by atoms with Crippen LogP contribution in [0.3, 0.4) is 0 Å². The number of unbranched alkanes of at least 4 members (excludes halogenated alkanes) is 1. The van der Waals surface area contributed by atoms with Crippen LogP contribution in [-0.2, 0) is 20.8 Å². The van der Waals surface area contributed by atoms with Gasteiger partial charge in [0.15, 0.2) is 5.62 Å². The van der Waals surface area contributed by atoms with Crippen LogP contribution in [0.25, 0.3) is 0 Å². The summed E-state index contributed by atoms with van der Waals surface area (Å²) in [6, 6.07) is 7.86. The molecule has 0 N–H and O–H groups in total. The molecule has 0 aliphatic rings. The number of carbonyl (C=O) groups excluding carboxylic acids is 3. The fourth-order valence-electron chi connectivity index (χ4n) is 2.07. The zero-order valence-electron chi connectivity index (χ0n) is 12.5. The molecule has 1 amide bonds. The van der Waals surface area contributed by atoms with Crippen LogP contribution in [0.15, 0.2) is 24.3 Å². The molecule has 1 atom stereocenters. The molecule has 0 saturated heterocycles. The first-order valence-corrected chi connectivity index (χ1v) is 7.86. The molecular weight excluding hydrogens is 286 g/mol. The van der Waals surface area contributed by atoms with Crippen LogP contribution >= 0.6 is 11.8 Å². The van der Waals surface area contributed by atoms with Gasteiger partial charge < -0.3 is 9.69 Å². The van der Waals surface area contributed by atoms with Crippen molar-refractivity contribution in [3.63, 3.8) is 0 Å². The molecule has 21 heavy (non-hydrogen) atoms. The number of hydrogen-bond donors (Lipinski definition) is 0. The van der Waals surface area contributed by atoms with Crippen LogP contribution in [0.4, 0.5) is 0 Å². The quantitative estimate of drug-likeness (QED) is 0.519. The van der Waals surface area contributed by atoms with E-state index >= 15 is 0 Å². The van der Waals surface area contributed by atoms with Gasteiger partial charge in [0.25, 0.3) is 0 Å². The highest BCUT2D eigenvalue weighted by Crippen LogP contribution is 2.19. The smallest absolute Gasteiger partial charge is 0.236 e. The van der Waals surface area contributed by atoms with Crippen LogP contribution in [-0.4, -0.2) is 41.6 Å². The molecule has 1 aromatic rings. The second-order valence-electron chi connectivity index (χ2n) is 4.92. The van der Waals surface area contributed by atoms with E-state index in [0.29, 0.717) is 25.8 Å². The average molecular weight is 307 g/mol. The maximum atomic E-state index is 12.4. The summed E-state index contributed by atoms with van der Waals surface area (Å²) in [6.45, 7) is 2.53. The molecule has 0 bridgehead atoms. The van der Waals surface area contributed by atoms with Crippen molar-refractivity contribution in [1.82, 2.24) is 4.90 Å². The van der Waals surface area contributed by atoms with Crippen molar-refractivity contribution in [3.05, 3.63) is 35.4 Å². The number of rotatable bonds is 9. The minimum atomic E-state index is -0.412. The number of aldehydes is 1. The monoisotopic (exact) mass is 307 g/mol. The van der Waals surface area contributed by atoms with Gasteiger partial charge in [-0.1, -0.05) is 36.0 Å².